The quantitative estimate of drug-likeness (QED) is 0.195. The van der Waals surface area contributed by atoms with E-state index in [9.17, 15) is 45.6 Å². The zero-order chi connectivity index (χ0) is 35.6. The van der Waals surface area contributed by atoms with Gasteiger partial charge in [-0.2, -0.15) is 31.6 Å². The van der Waals surface area contributed by atoms with E-state index in [1.807, 2.05) is 4.90 Å². The van der Waals surface area contributed by atoms with E-state index < -0.39 is 58.6 Å². The highest BCUT2D eigenvalue weighted by molar-refractivity contribution is 7.20. The van der Waals surface area contributed by atoms with Gasteiger partial charge in [0.1, 0.15) is 22.5 Å². The van der Waals surface area contributed by atoms with Crippen molar-refractivity contribution in [3.05, 3.63) is 70.0 Å². The van der Waals surface area contributed by atoms with E-state index in [0.717, 1.165) is 0 Å². The lowest BCUT2D eigenvalue weighted by Gasteiger charge is -2.32. The first-order valence-electron chi connectivity index (χ1n) is 14.8. The van der Waals surface area contributed by atoms with Crippen LogP contribution in [0.25, 0.3) is 10.4 Å². The molecule has 3 aromatic rings. The van der Waals surface area contributed by atoms with Crippen molar-refractivity contribution in [2.75, 3.05) is 36.5 Å². The summed E-state index contributed by atoms with van der Waals surface area (Å²) in [6.07, 6.45) is -9.42. The maximum Gasteiger partial charge on any atom is 0.416 e. The highest BCUT2D eigenvalue weighted by Gasteiger charge is 2.40. The predicted octanol–water partition coefficient (Wildman–Crippen LogP) is 8.19. The molecule has 48 heavy (non-hydrogen) atoms. The molecule has 4 rings (SSSR count). The SMILES string of the molecule is Cc1cc(F)ccc1-c1sc(N2CCC(OCCC(=O)O)CC2)c(C#N)c1NCC(=O)C(C)(C)c1cc(C(F)(F)F)cc(C(F)(F)F)c1. The number of halogens is 7. The van der Waals surface area contributed by atoms with Gasteiger partial charge in [0.25, 0.3) is 0 Å². The molecule has 1 aromatic heterocycles. The number of piperidine rings is 1. The van der Waals surface area contributed by atoms with Crippen LogP contribution in [-0.4, -0.2) is 49.2 Å². The molecule has 2 heterocycles. The highest BCUT2D eigenvalue weighted by atomic mass is 32.1. The van der Waals surface area contributed by atoms with Crippen LogP contribution < -0.4 is 10.2 Å². The molecule has 7 nitrogen and oxygen atoms in total. The number of carbonyl (C=O) groups excluding carboxylic acids is 1. The second-order valence-corrected chi connectivity index (χ2v) is 13.0. The van der Waals surface area contributed by atoms with Crippen molar-refractivity contribution in [1.29, 1.82) is 5.26 Å². The summed E-state index contributed by atoms with van der Waals surface area (Å²) in [4.78, 5) is 26.8. The number of nitriles is 1. The number of benzene rings is 2. The maximum atomic E-state index is 14.0. The van der Waals surface area contributed by atoms with E-state index in [1.165, 1.54) is 43.4 Å². The molecule has 1 aliphatic rings. The molecular weight excluding hydrogens is 667 g/mol. The Bertz CT molecular complexity index is 1690. The van der Waals surface area contributed by atoms with Crippen LogP contribution >= 0.6 is 11.3 Å². The lowest BCUT2D eigenvalue weighted by atomic mass is 9.79. The molecule has 1 saturated heterocycles. The number of nitrogens with one attached hydrogen (secondary N) is 1. The molecule has 258 valence electrons. The fourth-order valence-corrected chi connectivity index (χ4v) is 6.76. The van der Waals surface area contributed by atoms with Crippen LogP contribution in [-0.2, 0) is 32.1 Å². The van der Waals surface area contributed by atoms with Gasteiger partial charge in [-0.25, -0.2) is 4.39 Å². The van der Waals surface area contributed by atoms with E-state index in [0.29, 0.717) is 59.1 Å². The van der Waals surface area contributed by atoms with Gasteiger partial charge in [-0.3, -0.25) is 9.59 Å². The fraction of sp³-hybridized carbons (Fsp3) is 0.424. The number of anilines is 2. The zero-order valence-corrected chi connectivity index (χ0v) is 26.9. The third-order valence-electron chi connectivity index (χ3n) is 8.27. The monoisotopic (exact) mass is 699 g/mol. The molecule has 0 bridgehead atoms. The average molecular weight is 700 g/mol. The van der Waals surface area contributed by atoms with Crippen molar-refractivity contribution in [2.24, 2.45) is 0 Å². The molecule has 2 aromatic carbocycles. The van der Waals surface area contributed by atoms with E-state index >= 15 is 0 Å². The number of thiophene rings is 1. The molecule has 0 amide bonds. The summed E-state index contributed by atoms with van der Waals surface area (Å²) in [7, 11) is 0. The van der Waals surface area contributed by atoms with Gasteiger partial charge >= 0.3 is 18.3 Å². The van der Waals surface area contributed by atoms with Crippen molar-refractivity contribution in [2.45, 2.75) is 63.9 Å². The molecule has 0 unspecified atom stereocenters. The number of carbonyl (C=O) groups is 2. The molecule has 0 saturated carbocycles. The van der Waals surface area contributed by atoms with Crippen LogP contribution in [0.5, 0.6) is 0 Å². The maximum absolute atomic E-state index is 14.0. The van der Waals surface area contributed by atoms with Gasteiger partial charge in [0.15, 0.2) is 5.78 Å². The van der Waals surface area contributed by atoms with Crippen LogP contribution in [0.15, 0.2) is 36.4 Å². The number of carboxylic acid groups (broad SMARTS) is 1. The van der Waals surface area contributed by atoms with Gasteiger partial charge in [-0.05, 0) is 80.6 Å². The molecule has 0 atom stereocenters. The van der Waals surface area contributed by atoms with E-state index in [2.05, 4.69) is 11.4 Å². The Labute approximate surface area is 275 Å². The average Bonchev–Trinajstić information content (AvgIpc) is 3.36. The lowest BCUT2D eigenvalue weighted by molar-refractivity contribution is -0.143. The molecule has 0 aliphatic carbocycles. The molecule has 1 fully saturated rings. The van der Waals surface area contributed by atoms with Gasteiger partial charge in [-0.1, -0.05) is 6.07 Å². The van der Waals surface area contributed by atoms with Crippen LogP contribution in [0.2, 0.25) is 0 Å². The topological polar surface area (TPSA) is 103 Å². The Morgan fingerprint density at radius 3 is 2.12 bits per heavy atom. The largest absolute Gasteiger partial charge is 0.481 e. The normalized spacial score (nSPS) is 14.6. The first kappa shape index (κ1) is 36.7. The minimum absolute atomic E-state index is 0.00330. The van der Waals surface area contributed by atoms with E-state index in [-0.39, 0.29) is 36.4 Å². The Hall–Kier alpha value is -4.16. The predicted molar refractivity (Wildman–Crippen MR) is 166 cm³/mol. The second-order valence-electron chi connectivity index (χ2n) is 12.0. The van der Waals surface area contributed by atoms with Crippen molar-refractivity contribution in [1.82, 2.24) is 0 Å². The number of ketones is 1. The molecular formula is C33H32F7N3O4S. The Kier molecular flexibility index (Phi) is 10.8. The molecule has 0 spiro atoms. The van der Waals surface area contributed by atoms with Gasteiger partial charge in [0.05, 0.1) is 52.8 Å². The summed E-state index contributed by atoms with van der Waals surface area (Å²) in [5.74, 6) is -2.21. The van der Waals surface area contributed by atoms with Crippen LogP contribution in [0.1, 0.15) is 60.9 Å². The number of hydrogen-bond donors (Lipinski definition) is 2. The highest BCUT2D eigenvalue weighted by Crippen LogP contribution is 2.47. The van der Waals surface area contributed by atoms with Crippen molar-refractivity contribution in [3.8, 4) is 16.5 Å². The molecule has 0 radical (unpaired) electrons. The van der Waals surface area contributed by atoms with E-state index in [1.54, 1.807) is 6.92 Å². The van der Waals surface area contributed by atoms with Gasteiger partial charge in [-0.15, -0.1) is 11.3 Å². The summed E-state index contributed by atoms with van der Waals surface area (Å²) < 4.78 is 101. The third-order valence-corrected chi connectivity index (χ3v) is 9.55. The lowest BCUT2D eigenvalue weighted by Crippen LogP contribution is -2.37. The van der Waals surface area contributed by atoms with Crippen LogP contribution in [0.4, 0.5) is 41.4 Å². The number of alkyl halides is 6. The number of aryl methyl sites for hydroxylation is 1. The Morgan fingerprint density at radius 1 is 1.02 bits per heavy atom. The first-order valence-corrected chi connectivity index (χ1v) is 15.6. The standard InChI is InChI=1S/C33H32F7N3O4S/c1-18-12-22(34)4-5-24(18)29-28(25(16-41)30(48-29)43-9-6-23(7-10-43)47-11-8-27(45)46)42-17-26(44)31(2,3)19-13-20(32(35,36)37)15-21(14-19)33(38,39)40/h4-5,12-15,23,42H,6-11,17H2,1-3H3,(H,45,46). The van der Waals surface area contributed by atoms with Crippen molar-refractivity contribution in [3.63, 3.8) is 0 Å². The number of rotatable bonds is 11. The summed E-state index contributed by atoms with van der Waals surface area (Å²) in [6.45, 7) is 4.53. The number of Topliss-reactive ketones (excluding diaryl/α,β-unsaturated/α-hetero) is 1. The minimum Gasteiger partial charge on any atom is -0.481 e. The summed E-state index contributed by atoms with van der Waals surface area (Å²) in [5, 5.41) is 22.6. The first-order chi connectivity index (χ1) is 22.3. The Balaban J connectivity index is 1.67. The summed E-state index contributed by atoms with van der Waals surface area (Å²) in [5.41, 5.74) is -3.92. The second kappa shape index (κ2) is 14.1. The number of hydrogen-bond acceptors (Lipinski definition) is 7. The van der Waals surface area contributed by atoms with E-state index in [4.69, 9.17) is 9.84 Å². The van der Waals surface area contributed by atoms with Gasteiger partial charge < -0.3 is 20.1 Å². The minimum atomic E-state index is -5.09. The summed E-state index contributed by atoms with van der Waals surface area (Å²) >= 11 is 1.22. The molecule has 2 N–H and O–H groups in total. The number of nitrogens with zero attached hydrogens (tertiary/aromatic N) is 2. The number of aliphatic carboxylic acids is 1. The zero-order valence-electron chi connectivity index (χ0n) is 26.1. The molecule has 1 aliphatic heterocycles. The smallest absolute Gasteiger partial charge is 0.416 e. The fourth-order valence-electron chi connectivity index (χ4n) is 5.39. The van der Waals surface area contributed by atoms with Crippen molar-refractivity contribution < 1.29 is 50.2 Å². The van der Waals surface area contributed by atoms with Crippen molar-refractivity contribution >= 4 is 33.8 Å². The summed E-state index contributed by atoms with van der Waals surface area (Å²) in [6, 6.07) is 7.25. The van der Waals surface area contributed by atoms with Crippen LogP contribution in [0.3, 0.4) is 0 Å². The number of carboxylic acids is 1. The number of ether oxygens (including phenoxy) is 1. The Morgan fingerprint density at radius 2 is 1.60 bits per heavy atom. The van der Waals surface area contributed by atoms with Gasteiger partial charge in [0, 0.05) is 13.1 Å². The molecule has 15 heteroatoms. The van der Waals surface area contributed by atoms with Gasteiger partial charge in [0.2, 0.25) is 0 Å². The third kappa shape index (κ3) is 8.27. The van der Waals surface area contributed by atoms with Crippen LogP contribution in [0, 0.1) is 24.1 Å².